The van der Waals surface area contributed by atoms with E-state index >= 15 is 0 Å². The van der Waals surface area contributed by atoms with Crippen LogP contribution >= 0.6 is 0 Å². The average molecular weight is 247 g/mol. The second-order valence-corrected chi connectivity index (χ2v) is 5.48. The fraction of sp³-hybridized carbons (Fsp3) is 0.600. The predicted molar refractivity (Wildman–Crippen MR) is 71.9 cm³/mol. The summed E-state index contributed by atoms with van der Waals surface area (Å²) < 4.78 is 5.36. The Hall–Kier alpha value is -1.06. The highest BCUT2D eigenvalue weighted by Gasteiger charge is 2.26. The summed E-state index contributed by atoms with van der Waals surface area (Å²) in [6.45, 7) is 2.61. The summed E-state index contributed by atoms with van der Waals surface area (Å²) in [7, 11) is 2.14. The third kappa shape index (κ3) is 2.13. The van der Waals surface area contributed by atoms with Gasteiger partial charge in [0.25, 0.3) is 0 Å². The van der Waals surface area contributed by atoms with Gasteiger partial charge in [-0.05, 0) is 36.5 Å². The molecule has 3 nitrogen and oxygen atoms in total. The van der Waals surface area contributed by atoms with Gasteiger partial charge in [0.1, 0.15) is 0 Å². The first-order valence-electron chi connectivity index (χ1n) is 6.85. The topological polar surface area (TPSA) is 32.7 Å². The fourth-order valence-electron chi connectivity index (χ4n) is 3.06. The molecule has 2 atom stereocenters. The first-order chi connectivity index (χ1) is 8.75. The van der Waals surface area contributed by atoms with E-state index in [0.717, 1.165) is 31.6 Å². The van der Waals surface area contributed by atoms with Gasteiger partial charge in [-0.25, -0.2) is 0 Å². The Morgan fingerprint density at radius 1 is 1.44 bits per heavy atom. The van der Waals surface area contributed by atoms with E-state index in [4.69, 9.17) is 4.74 Å². The van der Waals surface area contributed by atoms with E-state index in [0.29, 0.717) is 6.61 Å². The van der Waals surface area contributed by atoms with Gasteiger partial charge in [0, 0.05) is 31.8 Å². The van der Waals surface area contributed by atoms with Crippen molar-refractivity contribution in [1.82, 2.24) is 0 Å². The van der Waals surface area contributed by atoms with Gasteiger partial charge >= 0.3 is 0 Å². The lowest BCUT2D eigenvalue weighted by Crippen LogP contribution is -2.25. The number of aliphatic hydroxyl groups excluding tert-OH is 1. The zero-order valence-electron chi connectivity index (χ0n) is 10.9. The van der Waals surface area contributed by atoms with Gasteiger partial charge in [-0.1, -0.05) is 12.1 Å². The van der Waals surface area contributed by atoms with Crippen molar-refractivity contribution in [1.29, 1.82) is 0 Å². The largest absolute Gasteiger partial charge is 0.388 e. The van der Waals surface area contributed by atoms with Crippen LogP contribution in [0.4, 0.5) is 5.69 Å². The number of rotatable bonds is 2. The lowest BCUT2D eigenvalue weighted by molar-refractivity contribution is 0.0917. The standard InChI is InChI=1S/C15H21NO2/c1-16-7-2-3-11-9-12(4-5-14(11)16)15(17)13-6-8-18-10-13/h4-5,9,13,15,17H,2-3,6-8,10H2,1H3. The Morgan fingerprint density at radius 3 is 3.11 bits per heavy atom. The van der Waals surface area contributed by atoms with Crippen LogP contribution in [0, 0.1) is 5.92 Å². The molecule has 0 aliphatic carbocycles. The fourth-order valence-corrected chi connectivity index (χ4v) is 3.06. The summed E-state index contributed by atoms with van der Waals surface area (Å²) in [5, 5.41) is 10.4. The number of hydrogen-bond donors (Lipinski definition) is 1. The second kappa shape index (κ2) is 4.90. The molecule has 1 aromatic rings. The molecule has 0 radical (unpaired) electrons. The summed E-state index contributed by atoms with van der Waals surface area (Å²) in [6.07, 6.45) is 2.93. The minimum atomic E-state index is -0.370. The average Bonchev–Trinajstić information content (AvgIpc) is 2.91. The summed E-state index contributed by atoms with van der Waals surface area (Å²) >= 11 is 0. The molecule has 0 bridgehead atoms. The molecule has 1 saturated heterocycles. The Balaban J connectivity index is 1.85. The van der Waals surface area contributed by atoms with E-state index < -0.39 is 0 Å². The summed E-state index contributed by atoms with van der Waals surface area (Å²) in [4.78, 5) is 2.30. The van der Waals surface area contributed by atoms with Gasteiger partial charge in [0.2, 0.25) is 0 Å². The normalized spacial score (nSPS) is 25.0. The molecular weight excluding hydrogens is 226 g/mol. The number of anilines is 1. The van der Waals surface area contributed by atoms with Gasteiger partial charge in [0.15, 0.2) is 0 Å². The molecule has 0 aromatic heterocycles. The smallest absolute Gasteiger partial charge is 0.0841 e. The van der Waals surface area contributed by atoms with Crippen molar-refractivity contribution in [2.45, 2.75) is 25.4 Å². The first kappa shape index (κ1) is 12.0. The van der Waals surface area contributed by atoms with E-state index in [-0.39, 0.29) is 12.0 Å². The first-order valence-corrected chi connectivity index (χ1v) is 6.85. The maximum absolute atomic E-state index is 10.4. The van der Waals surface area contributed by atoms with Crippen LogP contribution in [0.15, 0.2) is 18.2 Å². The number of aryl methyl sites for hydroxylation is 1. The lowest BCUT2D eigenvalue weighted by Gasteiger charge is -2.28. The Bertz CT molecular complexity index is 427. The van der Waals surface area contributed by atoms with E-state index in [2.05, 4.69) is 30.1 Å². The van der Waals surface area contributed by atoms with Crippen LogP contribution in [0.1, 0.15) is 30.1 Å². The van der Waals surface area contributed by atoms with Crippen molar-refractivity contribution in [3.63, 3.8) is 0 Å². The molecular formula is C15H21NO2. The molecule has 98 valence electrons. The van der Waals surface area contributed by atoms with Crippen molar-refractivity contribution in [2.24, 2.45) is 5.92 Å². The maximum Gasteiger partial charge on any atom is 0.0841 e. The van der Waals surface area contributed by atoms with Crippen LogP contribution in [0.25, 0.3) is 0 Å². The zero-order chi connectivity index (χ0) is 12.5. The van der Waals surface area contributed by atoms with Crippen LogP contribution in [0.3, 0.4) is 0 Å². The van der Waals surface area contributed by atoms with E-state index in [1.807, 2.05) is 0 Å². The molecule has 1 fully saturated rings. The third-order valence-electron chi connectivity index (χ3n) is 4.21. The molecule has 1 aromatic carbocycles. The zero-order valence-corrected chi connectivity index (χ0v) is 10.9. The number of benzene rings is 1. The molecule has 0 spiro atoms. The van der Waals surface area contributed by atoms with Crippen LogP contribution in [-0.2, 0) is 11.2 Å². The van der Waals surface area contributed by atoms with Crippen LogP contribution in [0.2, 0.25) is 0 Å². The van der Waals surface area contributed by atoms with Crippen molar-refractivity contribution in [3.05, 3.63) is 29.3 Å². The Labute approximate surface area is 108 Å². The molecule has 2 aliphatic heterocycles. The summed E-state index contributed by atoms with van der Waals surface area (Å²) in [5.41, 5.74) is 3.75. The molecule has 0 saturated carbocycles. The van der Waals surface area contributed by atoms with Gasteiger partial charge in [-0.2, -0.15) is 0 Å². The highest BCUT2D eigenvalue weighted by molar-refractivity contribution is 5.56. The highest BCUT2D eigenvalue weighted by Crippen LogP contribution is 2.33. The molecule has 3 heteroatoms. The maximum atomic E-state index is 10.4. The van der Waals surface area contributed by atoms with Gasteiger partial charge in [0.05, 0.1) is 12.7 Å². The number of aliphatic hydroxyl groups is 1. The van der Waals surface area contributed by atoms with Crippen molar-refractivity contribution >= 4 is 5.69 Å². The van der Waals surface area contributed by atoms with Crippen LogP contribution < -0.4 is 4.90 Å². The van der Waals surface area contributed by atoms with Crippen molar-refractivity contribution in [3.8, 4) is 0 Å². The van der Waals surface area contributed by atoms with E-state index in [9.17, 15) is 5.11 Å². The number of hydrogen-bond acceptors (Lipinski definition) is 3. The minimum Gasteiger partial charge on any atom is -0.388 e. The third-order valence-corrected chi connectivity index (χ3v) is 4.21. The quantitative estimate of drug-likeness (QED) is 0.869. The molecule has 1 N–H and O–H groups in total. The summed E-state index contributed by atoms with van der Waals surface area (Å²) in [5.74, 6) is 0.268. The number of ether oxygens (including phenoxy) is 1. The van der Waals surface area contributed by atoms with E-state index in [1.54, 1.807) is 0 Å². The predicted octanol–water partition coefficient (Wildman–Crippen LogP) is 2.14. The number of nitrogens with zero attached hydrogens (tertiary/aromatic N) is 1. The lowest BCUT2D eigenvalue weighted by atomic mass is 9.91. The minimum absolute atomic E-state index is 0.268. The summed E-state index contributed by atoms with van der Waals surface area (Å²) in [6, 6.07) is 6.42. The van der Waals surface area contributed by atoms with Gasteiger partial charge < -0.3 is 14.7 Å². The van der Waals surface area contributed by atoms with E-state index in [1.165, 1.54) is 17.7 Å². The molecule has 2 aliphatic rings. The molecule has 2 unspecified atom stereocenters. The SMILES string of the molecule is CN1CCCc2cc(C(O)C3CCOC3)ccc21. The monoisotopic (exact) mass is 247 g/mol. The van der Waals surface area contributed by atoms with Crippen LogP contribution in [-0.4, -0.2) is 31.9 Å². The molecule has 0 amide bonds. The molecule has 3 rings (SSSR count). The van der Waals surface area contributed by atoms with Gasteiger partial charge in [-0.15, -0.1) is 0 Å². The number of fused-ring (bicyclic) bond motifs is 1. The Morgan fingerprint density at radius 2 is 2.33 bits per heavy atom. The molecule has 18 heavy (non-hydrogen) atoms. The molecule has 2 heterocycles. The Kier molecular flexibility index (Phi) is 3.27. The highest BCUT2D eigenvalue weighted by atomic mass is 16.5. The second-order valence-electron chi connectivity index (χ2n) is 5.48. The van der Waals surface area contributed by atoms with Gasteiger partial charge in [-0.3, -0.25) is 0 Å². The van der Waals surface area contributed by atoms with Crippen LogP contribution in [0.5, 0.6) is 0 Å². The van der Waals surface area contributed by atoms with Crippen molar-refractivity contribution < 1.29 is 9.84 Å². The van der Waals surface area contributed by atoms with Crippen molar-refractivity contribution in [2.75, 3.05) is 31.7 Å².